The first-order valence-electron chi connectivity index (χ1n) is 7.69. The lowest BCUT2D eigenvalue weighted by atomic mass is 10.1. The van der Waals surface area contributed by atoms with Crippen LogP contribution in [0.2, 0.25) is 0 Å². The molecule has 0 atom stereocenters. The lowest BCUT2D eigenvalue weighted by molar-refractivity contribution is 0.0702. The molecule has 0 aliphatic heterocycles. The van der Waals surface area contributed by atoms with Gasteiger partial charge in [-0.3, -0.25) is 0 Å². The smallest absolute Gasteiger partial charge is 0.345 e. The summed E-state index contributed by atoms with van der Waals surface area (Å²) in [7, 11) is 2.02. The van der Waals surface area contributed by atoms with Crippen LogP contribution in [0.25, 0.3) is 10.6 Å². The van der Waals surface area contributed by atoms with Gasteiger partial charge < -0.3 is 10.0 Å². The number of hydrogen-bond donors (Lipinski definition) is 1. The highest BCUT2D eigenvalue weighted by molar-refractivity contribution is 7.17. The maximum atomic E-state index is 11.0. The van der Waals surface area contributed by atoms with Crippen molar-refractivity contribution in [2.75, 3.05) is 18.5 Å². The van der Waals surface area contributed by atoms with Gasteiger partial charge in [0, 0.05) is 13.6 Å². The quantitative estimate of drug-likeness (QED) is 0.732. The molecule has 2 aromatic heterocycles. The Morgan fingerprint density at radius 3 is 2.58 bits per heavy atom. The fourth-order valence-corrected chi connectivity index (χ4v) is 3.23. The van der Waals surface area contributed by atoms with E-state index in [1.165, 1.54) is 16.9 Å². The van der Waals surface area contributed by atoms with Gasteiger partial charge in [-0.05, 0) is 36.2 Å². The normalized spacial score (nSPS) is 10.5. The highest BCUT2D eigenvalue weighted by atomic mass is 32.1. The number of aromatic carboxylic acids is 1. The number of pyridine rings is 1. The van der Waals surface area contributed by atoms with Crippen molar-refractivity contribution in [3.63, 3.8) is 0 Å². The van der Waals surface area contributed by atoms with Crippen molar-refractivity contribution in [1.29, 1.82) is 0 Å². The van der Waals surface area contributed by atoms with Crippen molar-refractivity contribution < 1.29 is 9.90 Å². The van der Waals surface area contributed by atoms with Crippen molar-refractivity contribution in [1.82, 2.24) is 4.98 Å². The molecule has 24 heavy (non-hydrogen) atoms. The molecule has 0 saturated heterocycles. The van der Waals surface area contributed by atoms with E-state index < -0.39 is 5.97 Å². The summed E-state index contributed by atoms with van der Waals surface area (Å²) < 4.78 is 0. The summed E-state index contributed by atoms with van der Waals surface area (Å²) in [5.41, 5.74) is 2.10. The molecule has 3 aromatic rings. The summed E-state index contributed by atoms with van der Waals surface area (Å²) in [6.45, 7) is 0.866. The highest BCUT2D eigenvalue weighted by Gasteiger charge is 2.11. The summed E-state index contributed by atoms with van der Waals surface area (Å²) in [6, 6.07) is 19.6. The van der Waals surface area contributed by atoms with Crippen LogP contribution < -0.4 is 4.90 Å². The zero-order valence-electron chi connectivity index (χ0n) is 13.3. The van der Waals surface area contributed by atoms with Gasteiger partial charge in [0.15, 0.2) is 0 Å². The summed E-state index contributed by atoms with van der Waals surface area (Å²) >= 11 is 1.24. The van der Waals surface area contributed by atoms with Gasteiger partial charge in [0.25, 0.3) is 0 Å². The Hall–Kier alpha value is -2.66. The van der Waals surface area contributed by atoms with E-state index >= 15 is 0 Å². The van der Waals surface area contributed by atoms with Crippen LogP contribution in [0.5, 0.6) is 0 Å². The minimum absolute atomic E-state index is 0.328. The molecule has 0 bridgehead atoms. The molecule has 0 amide bonds. The van der Waals surface area contributed by atoms with E-state index in [-0.39, 0.29) is 0 Å². The number of thiophene rings is 1. The Kier molecular flexibility index (Phi) is 4.91. The minimum atomic E-state index is -0.901. The average Bonchev–Trinajstić information content (AvgIpc) is 3.11. The lowest BCUT2D eigenvalue weighted by Gasteiger charge is -2.18. The number of benzene rings is 1. The SMILES string of the molecule is CN(CCc1ccccc1)c1cccc(-c2ccc(C(=O)O)s2)n1. The molecule has 122 valence electrons. The Balaban J connectivity index is 1.73. The minimum Gasteiger partial charge on any atom is -0.477 e. The van der Waals surface area contributed by atoms with E-state index in [9.17, 15) is 4.79 Å². The van der Waals surface area contributed by atoms with Crippen LogP contribution in [0, 0.1) is 0 Å². The van der Waals surface area contributed by atoms with Crippen LogP contribution in [-0.2, 0) is 6.42 Å². The molecular formula is C19H18N2O2S. The van der Waals surface area contributed by atoms with Gasteiger partial charge >= 0.3 is 5.97 Å². The second-order valence-electron chi connectivity index (χ2n) is 5.51. The molecule has 0 aliphatic rings. The number of anilines is 1. The standard InChI is InChI=1S/C19H18N2O2S/c1-21(13-12-14-6-3-2-4-7-14)18-9-5-8-15(20-18)16-10-11-17(24-16)19(22)23/h2-11H,12-13H2,1H3,(H,22,23). The number of rotatable bonds is 6. The topological polar surface area (TPSA) is 53.4 Å². The molecule has 3 rings (SSSR count). The van der Waals surface area contributed by atoms with E-state index in [0.29, 0.717) is 4.88 Å². The fraction of sp³-hybridized carbons (Fsp3) is 0.158. The van der Waals surface area contributed by atoms with Crippen LogP contribution in [0.1, 0.15) is 15.2 Å². The van der Waals surface area contributed by atoms with Crippen molar-refractivity contribution in [2.45, 2.75) is 6.42 Å². The molecule has 0 spiro atoms. The third kappa shape index (κ3) is 3.81. The molecular weight excluding hydrogens is 320 g/mol. The maximum absolute atomic E-state index is 11.0. The summed E-state index contributed by atoms with van der Waals surface area (Å²) in [5.74, 6) is -0.0175. The number of likely N-dealkylation sites (N-methyl/N-ethyl adjacent to an activating group) is 1. The van der Waals surface area contributed by atoms with Gasteiger partial charge in [0.1, 0.15) is 10.7 Å². The van der Waals surface area contributed by atoms with Gasteiger partial charge in [-0.2, -0.15) is 0 Å². The van der Waals surface area contributed by atoms with Crippen LogP contribution in [0.4, 0.5) is 5.82 Å². The number of aromatic nitrogens is 1. The highest BCUT2D eigenvalue weighted by Crippen LogP contribution is 2.28. The summed E-state index contributed by atoms with van der Waals surface area (Å²) in [6.07, 6.45) is 0.950. The molecule has 0 aliphatic carbocycles. The molecule has 4 nitrogen and oxygen atoms in total. The fourth-order valence-electron chi connectivity index (χ4n) is 2.42. The molecule has 1 aromatic carbocycles. The van der Waals surface area contributed by atoms with Crippen LogP contribution in [-0.4, -0.2) is 29.7 Å². The number of carboxylic acid groups (broad SMARTS) is 1. The molecule has 1 N–H and O–H groups in total. The number of carboxylic acids is 1. The maximum Gasteiger partial charge on any atom is 0.345 e. The molecule has 0 saturated carbocycles. The number of nitrogens with zero attached hydrogens (tertiary/aromatic N) is 2. The number of hydrogen-bond acceptors (Lipinski definition) is 4. The second kappa shape index (κ2) is 7.27. The van der Waals surface area contributed by atoms with Crippen LogP contribution in [0.3, 0.4) is 0 Å². The van der Waals surface area contributed by atoms with Gasteiger partial charge in [0.2, 0.25) is 0 Å². The van der Waals surface area contributed by atoms with Gasteiger partial charge in [-0.25, -0.2) is 9.78 Å². The Morgan fingerprint density at radius 1 is 1.08 bits per heavy atom. The van der Waals surface area contributed by atoms with E-state index in [4.69, 9.17) is 5.11 Å². The van der Waals surface area contributed by atoms with Gasteiger partial charge in [-0.15, -0.1) is 11.3 Å². The predicted molar refractivity (Wildman–Crippen MR) is 97.9 cm³/mol. The number of carbonyl (C=O) groups is 1. The largest absolute Gasteiger partial charge is 0.477 e. The van der Waals surface area contributed by atoms with E-state index in [1.54, 1.807) is 6.07 Å². The predicted octanol–water partition coefficient (Wildman–Crippen LogP) is 4.19. The molecule has 0 fully saturated rings. The second-order valence-corrected chi connectivity index (χ2v) is 6.59. The lowest BCUT2D eigenvalue weighted by Crippen LogP contribution is -2.21. The Bertz CT molecular complexity index is 830. The summed E-state index contributed by atoms with van der Waals surface area (Å²) in [4.78, 5) is 19.0. The molecule has 0 unspecified atom stereocenters. The van der Waals surface area contributed by atoms with Crippen LogP contribution >= 0.6 is 11.3 Å². The monoisotopic (exact) mass is 338 g/mol. The van der Waals surface area contributed by atoms with Crippen molar-refractivity contribution in [2.24, 2.45) is 0 Å². The average molecular weight is 338 g/mol. The van der Waals surface area contributed by atoms with E-state index in [1.807, 2.05) is 49.5 Å². The first kappa shape index (κ1) is 16.2. The third-order valence-electron chi connectivity index (χ3n) is 3.77. The Labute approximate surface area is 145 Å². The van der Waals surface area contributed by atoms with Gasteiger partial charge in [-0.1, -0.05) is 36.4 Å². The first-order valence-corrected chi connectivity index (χ1v) is 8.51. The third-order valence-corrected chi connectivity index (χ3v) is 4.87. The molecule has 0 radical (unpaired) electrons. The first-order chi connectivity index (χ1) is 11.6. The van der Waals surface area contributed by atoms with Crippen molar-refractivity contribution in [3.8, 4) is 10.6 Å². The van der Waals surface area contributed by atoms with Gasteiger partial charge in [0.05, 0.1) is 10.6 Å². The van der Waals surface area contributed by atoms with Crippen LogP contribution in [0.15, 0.2) is 60.7 Å². The molecule has 2 heterocycles. The van der Waals surface area contributed by atoms with Crippen molar-refractivity contribution >= 4 is 23.1 Å². The zero-order valence-corrected chi connectivity index (χ0v) is 14.2. The zero-order chi connectivity index (χ0) is 16.9. The van der Waals surface area contributed by atoms with Crippen molar-refractivity contribution in [3.05, 3.63) is 71.1 Å². The Morgan fingerprint density at radius 2 is 1.88 bits per heavy atom. The summed E-state index contributed by atoms with van der Waals surface area (Å²) in [5, 5.41) is 9.05. The van der Waals surface area contributed by atoms with E-state index in [2.05, 4.69) is 22.0 Å². The molecule has 5 heteroatoms. The van der Waals surface area contributed by atoms with E-state index in [0.717, 1.165) is 29.4 Å².